The number of piperidine rings is 1. The molecule has 1 aliphatic rings. The first-order valence-electron chi connectivity index (χ1n) is 6.54. The summed E-state index contributed by atoms with van der Waals surface area (Å²) in [5.74, 6) is 0.685. The van der Waals surface area contributed by atoms with Crippen LogP contribution in [0, 0.1) is 5.92 Å². The third kappa shape index (κ3) is 3.42. The first-order chi connectivity index (χ1) is 8.56. The molecule has 5 heteroatoms. The summed E-state index contributed by atoms with van der Waals surface area (Å²) >= 11 is 3.25. The standard InChI is InChI=1S/C13H20BrN3O/c1-9(2)17-5-3-10(4-6-17)7-11-8-12(14)13(18)16-15-11/h8-10H,3-7H2,1-2H3,(H,16,18). The van der Waals surface area contributed by atoms with Crippen LogP contribution < -0.4 is 5.56 Å². The van der Waals surface area contributed by atoms with E-state index in [0.717, 1.165) is 12.1 Å². The Labute approximate surface area is 116 Å². The monoisotopic (exact) mass is 313 g/mol. The van der Waals surface area contributed by atoms with Gasteiger partial charge in [-0.2, -0.15) is 5.10 Å². The van der Waals surface area contributed by atoms with Gasteiger partial charge >= 0.3 is 0 Å². The number of aromatic amines is 1. The number of halogens is 1. The minimum Gasteiger partial charge on any atom is -0.301 e. The van der Waals surface area contributed by atoms with Gasteiger partial charge in [-0.05, 0) is 74.1 Å². The smallest absolute Gasteiger partial charge is 0.278 e. The molecule has 1 N–H and O–H groups in total. The Hall–Kier alpha value is -0.680. The fourth-order valence-corrected chi connectivity index (χ4v) is 2.85. The summed E-state index contributed by atoms with van der Waals surface area (Å²) in [6.45, 7) is 6.85. The zero-order valence-electron chi connectivity index (χ0n) is 10.9. The number of nitrogens with one attached hydrogen (secondary N) is 1. The Bertz CT molecular complexity index is 450. The zero-order valence-corrected chi connectivity index (χ0v) is 12.5. The molecule has 0 atom stereocenters. The van der Waals surface area contributed by atoms with Gasteiger partial charge in [0.1, 0.15) is 0 Å². The molecule has 1 aliphatic heterocycles. The van der Waals surface area contributed by atoms with Crippen molar-refractivity contribution in [2.75, 3.05) is 13.1 Å². The molecule has 2 rings (SSSR count). The number of aromatic nitrogens is 2. The molecule has 1 aromatic rings. The zero-order chi connectivity index (χ0) is 13.1. The van der Waals surface area contributed by atoms with Crippen molar-refractivity contribution in [3.63, 3.8) is 0 Å². The lowest BCUT2D eigenvalue weighted by Crippen LogP contribution is -2.38. The molecule has 100 valence electrons. The molecule has 1 saturated heterocycles. The van der Waals surface area contributed by atoms with Gasteiger partial charge in [0.2, 0.25) is 0 Å². The first kappa shape index (κ1) is 13.7. The van der Waals surface area contributed by atoms with Crippen LogP contribution in [0.2, 0.25) is 0 Å². The van der Waals surface area contributed by atoms with Crippen molar-refractivity contribution in [1.82, 2.24) is 15.1 Å². The largest absolute Gasteiger partial charge is 0.301 e. The van der Waals surface area contributed by atoms with Gasteiger partial charge in [-0.15, -0.1) is 0 Å². The molecule has 0 aromatic carbocycles. The van der Waals surface area contributed by atoms with Crippen molar-refractivity contribution in [3.05, 3.63) is 26.6 Å². The molecule has 0 unspecified atom stereocenters. The molecule has 0 amide bonds. The number of nitrogens with zero attached hydrogens (tertiary/aromatic N) is 2. The first-order valence-corrected chi connectivity index (χ1v) is 7.33. The van der Waals surface area contributed by atoms with Crippen molar-refractivity contribution in [2.24, 2.45) is 5.92 Å². The van der Waals surface area contributed by atoms with E-state index in [1.165, 1.54) is 25.9 Å². The molecular formula is C13H20BrN3O. The summed E-state index contributed by atoms with van der Waals surface area (Å²) in [6.07, 6.45) is 3.40. The lowest BCUT2D eigenvalue weighted by atomic mass is 9.91. The van der Waals surface area contributed by atoms with E-state index < -0.39 is 0 Å². The highest BCUT2D eigenvalue weighted by Crippen LogP contribution is 2.22. The molecule has 1 aromatic heterocycles. The molecule has 18 heavy (non-hydrogen) atoms. The lowest BCUT2D eigenvalue weighted by molar-refractivity contribution is 0.149. The maximum atomic E-state index is 11.2. The number of rotatable bonds is 3. The fraction of sp³-hybridized carbons (Fsp3) is 0.692. The highest BCUT2D eigenvalue weighted by atomic mass is 79.9. The highest BCUT2D eigenvalue weighted by Gasteiger charge is 2.21. The van der Waals surface area contributed by atoms with Gasteiger partial charge in [0.05, 0.1) is 10.2 Å². The van der Waals surface area contributed by atoms with Gasteiger partial charge in [-0.25, -0.2) is 5.10 Å². The van der Waals surface area contributed by atoms with Gasteiger partial charge in [-0.1, -0.05) is 0 Å². The normalized spacial score (nSPS) is 18.4. The Morgan fingerprint density at radius 2 is 2.17 bits per heavy atom. The quantitative estimate of drug-likeness (QED) is 0.930. The summed E-state index contributed by atoms with van der Waals surface area (Å²) in [7, 11) is 0. The van der Waals surface area contributed by atoms with E-state index in [1.54, 1.807) is 0 Å². The highest BCUT2D eigenvalue weighted by molar-refractivity contribution is 9.10. The molecule has 0 bridgehead atoms. The second-order valence-electron chi connectivity index (χ2n) is 5.31. The topological polar surface area (TPSA) is 49.0 Å². The van der Waals surface area contributed by atoms with Crippen molar-refractivity contribution < 1.29 is 0 Å². The van der Waals surface area contributed by atoms with Crippen LogP contribution in [0.25, 0.3) is 0 Å². The van der Waals surface area contributed by atoms with E-state index in [2.05, 4.69) is 44.9 Å². The molecule has 0 spiro atoms. The van der Waals surface area contributed by atoms with E-state index in [4.69, 9.17) is 0 Å². The molecular weight excluding hydrogens is 294 g/mol. The predicted octanol–water partition coefficient (Wildman–Crippen LogP) is 2.20. The van der Waals surface area contributed by atoms with Crippen LogP contribution in [0.1, 0.15) is 32.4 Å². The maximum absolute atomic E-state index is 11.2. The number of likely N-dealkylation sites (tertiary alicyclic amines) is 1. The van der Waals surface area contributed by atoms with Crippen LogP contribution in [0.3, 0.4) is 0 Å². The van der Waals surface area contributed by atoms with E-state index in [1.807, 2.05) is 6.07 Å². The predicted molar refractivity (Wildman–Crippen MR) is 75.7 cm³/mol. The molecule has 1 fully saturated rings. The van der Waals surface area contributed by atoms with Crippen LogP contribution in [-0.4, -0.2) is 34.2 Å². The van der Waals surface area contributed by atoms with Crippen LogP contribution in [0.4, 0.5) is 0 Å². The second-order valence-corrected chi connectivity index (χ2v) is 6.17. The molecule has 2 heterocycles. The van der Waals surface area contributed by atoms with Gasteiger partial charge in [0.15, 0.2) is 0 Å². The van der Waals surface area contributed by atoms with Crippen LogP contribution in [0.15, 0.2) is 15.3 Å². The Morgan fingerprint density at radius 1 is 1.50 bits per heavy atom. The lowest BCUT2D eigenvalue weighted by Gasteiger charge is -2.34. The van der Waals surface area contributed by atoms with Gasteiger partial charge in [-0.3, -0.25) is 4.79 Å². The summed E-state index contributed by atoms with van der Waals surface area (Å²) < 4.78 is 0.576. The van der Waals surface area contributed by atoms with Gasteiger partial charge < -0.3 is 4.90 Å². The third-order valence-corrected chi connectivity index (χ3v) is 4.28. The Morgan fingerprint density at radius 3 is 2.72 bits per heavy atom. The fourth-order valence-electron chi connectivity index (χ4n) is 2.49. The number of H-pyrrole nitrogens is 1. The van der Waals surface area contributed by atoms with E-state index in [9.17, 15) is 4.79 Å². The maximum Gasteiger partial charge on any atom is 0.278 e. The molecule has 0 saturated carbocycles. The SMILES string of the molecule is CC(C)N1CCC(Cc2cc(Br)c(=O)[nH]n2)CC1. The number of hydrogen-bond acceptors (Lipinski definition) is 3. The van der Waals surface area contributed by atoms with E-state index in [0.29, 0.717) is 16.4 Å². The minimum absolute atomic E-state index is 0.159. The van der Waals surface area contributed by atoms with Crippen LogP contribution in [-0.2, 0) is 6.42 Å². The minimum atomic E-state index is -0.159. The van der Waals surface area contributed by atoms with Crippen molar-refractivity contribution in [3.8, 4) is 0 Å². The van der Waals surface area contributed by atoms with Crippen molar-refractivity contribution in [1.29, 1.82) is 0 Å². The Kier molecular flexibility index (Phi) is 4.56. The van der Waals surface area contributed by atoms with Gasteiger partial charge in [0.25, 0.3) is 5.56 Å². The third-order valence-electron chi connectivity index (χ3n) is 3.69. The van der Waals surface area contributed by atoms with Crippen LogP contribution in [0.5, 0.6) is 0 Å². The molecule has 4 nitrogen and oxygen atoms in total. The summed E-state index contributed by atoms with van der Waals surface area (Å²) in [4.78, 5) is 13.7. The average molecular weight is 314 g/mol. The van der Waals surface area contributed by atoms with Gasteiger partial charge in [0, 0.05) is 6.04 Å². The van der Waals surface area contributed by atoms with E-state index >= 15 is 0 Å². The summed E-state index contributed by atoms with van der Waals surface area (Å²) in [5.41, 5.74) is 0.817. The van der Waals surface area contributed by atoms with Crippen molar-refractivity contribution >= 4 is 15.9 Å². The van der Waals surface area contributed by atoms with Crippen molar-refractivity contribution in [2.45, 2.75) is 39.2 Å². The summed E-state index contributed by atoms with van der Waals surface area (Å²) in [6, 6.07) is 2.49. The average Bonchev–Trinajstić information content (AvgIpc) is 2.34. The second kappa shape index (κ2) is 5.97. The molecule has 0 aliphatic carbocycles. The summed E-state index contributed by atoms with van der Waals surface area (Å²) in [5, 5.41) is 6.63. The number of hydrogen-bond donors (Lipinski definition) is 1. The Balaban J connectivity index is 1.91. The van der Waals surface area contributed by atoms with Crippen LogP contribution >= 0.6 is 15.9 Å². The molecule has 0 radical (unpaired) electrons. The van der Waals surface area contributed by atoms with E-state index in [-0.39, 0.29) is 5.56 Å².